The number of carbonyl (C=O) groups excluding carboxylic acids is 2. The van der Waals surface area contributed by atoms with E-state index in [0.717, 1.165) is 22.8 Å². The Morgan fingerprint density at radius 3 is 2.30 bits per heavy atom. The van der Waals surface area contributed by atoms with Crippen molar-refractivity contribution in [3.63, 3.8) is 0 Å². The Labute approximate surface area is 194 Å². The molecule has 4 rings (SSSR count). The molecule has 174 valence electrons. The van der Waals surface area contributed by atoms with Crippen LogP contribution in [-0.4, -0.2) is 60.5 Å². The number of hydrogen-bond donors (Lipinski definition) is 1. The van der Waals surface area contributed by atoms with Gasteiger partial charge in [-0.2, -0.15) is 4.31 Å². The highest BCUT2D eigenvalue weighted by Crippen LogP contribution is 2.25. The average Bonchev–Trinajstić information content (AvgIpc) is 3.14. The minimum atomic E-state index is -3.65. The van der Waals surface area contributed by atoms with Crippen LogP contribution in [0.25, 0.3) is 10.8 Å². The predicted molar refractivity (Wildman–Crippen MR) is 128 cm³/mol. The first-order valence-electron chi connectivity index (χ1n) is 11.2. The Bertz CT molecular complexity index is 1320. The third-order valence-corrected chi connectivity index (χ3v) is 8.14. The van der Waals surface area contributed by atoms with Gasteiger partial charge in [0.15, 0.2) is 5.78 Å². The summed E-state index contributed by atoms with van der Waals surface area (Å²) in [6, 6.07) is 12.8. The second-order valence-corrected chi connectivity index (χ2v) is 10.4. The third-order valence-electron chi connectivity index (χ3n) is 6.24. The summed E-state index contributed by atoms with van der Waals surface area (Å²) >= 11 is 0. The number of aryl methyl sites for hydroxylation is 1. The number of Topliss-reactive ketones (excluding diaryl/α,β-unsaturated/α-hetero) is 1. The lowest BCUT2D eigenvalue weighted by atomic mass is 10.0. The van der Waals surface area contributed by atoms with Crippen molar-refractivity contribution in [1.82, 2.24) is 14.2 Å². The molecule has 0 saturated carbocycles. The van der Waals surface area contributed by atoms with Crippen molar-refractivity contribution in [2.45, 2.75) is 38.5 Å². The number of rotatable bonds is 6. The third kappa shape index (κ3) is 4.32. The molecule has 3 aromatic rings. The zero-order chi connectivity index (χ0) is 23.8. The van der Waals surface area contributed by atoms with Crippen LogP contribution in [0.4, 0.5) is 0 Å². The van der Waals surface area contributed by atoms with Crippen LogP contribution in [0.5, 0.6) is 0 Å². The van der Waals surface area contributed by atoms with Crippen LogP contribution < -0.4 is 0 Å². The lowest BCUT2D eigenvalue weighted by Gasteiger charge is -2.34. The van der Waals surface area contributed by atoms with Gasteiger partial charge in [-0.05, 0) is 48.7 Å². The topological polar surface area (TPSA) is 90.6 Å². The number of ketones is 1. The van der Waals surface area contributed by atoms with Crippen molar-refractivity contribution < 1.29 is 18.0 Å². The van der Waals surface area contributed by atoms with E-state index in [0.29, 0.717) is 36.5 Å². The van der Waals surface area contributed by atoms with E-state index in [-0.39, 0.29) is 29.7 Å². The molecule has 1 aromatic heterocycles. The quantitative estimate of drug-likeness (QED) is 0.559. The van der Waals surface area contributed by atoms with E-state index in [4.69, 9.17) is 0 Å². The highest BCUT2D eigenvalue weighted by molar-refractivity contribution is 7.89. The van der Waals surface area contributed by atoms with Gasteiger partial charge in [0.05, 0.1) is 4.90 Å². The fourth-order valence-corrected chi connectivity index (χ4v) is 6.06. The van der Waals surface area contributed by atoms with Crippen LogP contribution in [0.15, 0.2) is 47.4 Å². The minimum absolute atomic E-state index is 0.0578. The summed E-state index contributed by atoms with van der Waals surface area (Å²) in [6.45, 7) is 6.37. The van der Waals surface area contributed by atoms with E-state index in [1.807, 2.05) is 37.3 Å². The van der Waals surface area contributed by atoms with Crippen LogP contribution in [0.2, 0.25) is 0 Å². The van der Waals surface area contributed by atoms with Gasteiger partial charge in [-0.25, -0.2) is 8.42 Å². The summed E-state index contributed by atoms with van der Waals surface area (Å²) < 4.78 is 27.9. The van der Waals surface area contributed by atoms with E-state index in [2.05, 4.69) is 4.98 Å². The average molecular weight is 468 g/mol. The SMILES string of the molecule is CCCc1c(C(=O)N2CCN(S(=O)(=O)c3ccc4ccccc4c3)CC2)[nH]c(C)c1C(C)=O. The van der Waals surface area contributed by atoms with Crippen molar-refractivity contribution in [1.29, 1.82) is 0 Å². The van der Waals surface area contributed by atoms with Crippen LogP contribution in [0.3, 0.4) is 0 Å². The second-order valence-electron chi connectivity index (χ2n) is 8.49. The van der Waals surface area contributed by atoms with E-state index in [9.17, 15) is 18.0 Å². The van der Waals surface area contributed by atoms with Gasteiger partial charge < -0.3 is 9.88 Å². The Morgan fingerprint density at radius 1 is 1.00 bits per heavy atom. The molecule has 2 heterocycles. The van der Waals surface area contributed by atoms with Crippen molar-refractivity contribution in [2.24, 2.45) is 0 Å². The van der Waals surface area contributed by atoms with E-state index < -0.39 is 10.0 Å². The lowest BCUT2D eigenvalue weighted by Crippen LogP contribution is -2.50. The maximum absolute atomic E-state index is 13.3. The van der Waals surface area contributed by atoms with Gasteiger partial charge in [0.25, 0.3) is 5.91 Å². The predicted octanol–water partition coefficient (Wildman–Crippen LogP) is 3.78. The summed E-state index contributed by atoms with van der Waals surface area (Å²) in [6.07, 6.45) is 1.45. The summed E-state index contributed by atoms with van der Waals surface area (Å²) in [4.78, 5) is 30.4. The smallest absolute Gasteiger partial charge is 0.270 e. The molecule has 7 nitrogen and oxygen atoms in total. The first kappa shape index (κ1) is 23.2. The molecule has 0 bridgehead atoms. The maximum atomic E-state index is 13.3. The summed E-state index contributed by atoms with van der Waals surface area (Å²) in [5, 5.41) is 1.86. The summed E-state index contributed by atoms with van der Waals surface area (Å²) in [7, 11) is -3.65. The number of hydrogen-bond acceptors (Lipinski definition) is 4. The van der Waals surface area contributed by atoms with Gasteiger partial charge >= 0.3 is 0 Å². The van der Waals surface area contributed by atoms with Crippen molar-refractivity contribution in [3.05, 3.63) is 65.0 Å². The number of sulfonamides is 1. The molecular weight excluding hydrogens is 438 g/mol. The molecule has 1 fully saturated rings. The van der Waals surface area contributed by atoms with Gasteiger partial charge in [-0.1, -0.05) is 43.7 Å². The number of aromatic nitrogens is 1. The van der Waals surface area contributed by atoms with Crippen LogP contribution >= 0.6 is 0 Å². The molecule has 0 radical (unpaired) electrons. The molecule has 0 atom stereocenters. The van der Waals surface area contributed by atoms with Crippen molar-refractivity contribution in [3.8, 4) is 0 Å². The largest absolute Gasteiger partial charge is 0.354 e. The standard InChI is InChI=1S/C25H29N3O4S/c1-4-7-22-23(18(3)29)17(2)26-24(22)25(30)27-12-14-28(15-13-27)33(31,32)21-11-10-19-8-5-6-9-20(19)16-21/h5-6,8-11,16,26H,4,7,12-15H2,1-3H3. The van der Waals surface area contributed by atoms with Gasteiger partial charge in [-0.3, -0.25) is 9.59 Å². The Balaban J connectivity index is 1.52. The fraction of sp³-hybridized carbons (Fsp3) is 0.360. The van der Waals surface area contributed by atoms with Crippen LogP contribution in [-0.2, 0) is 16.4 Å². The zero-order valence-corrected chi connectivity index (χ0v) is 20.0. The van der Waals surface area contributed by atoms with E-state index in [1.165, 1.54) is 11.2 Å². The lowest BCUT2D eigenvalue weighted by molar-refractivity contribution is 0.0691. The van der Waals surface area contributed by atoms with Crippen LogP contribution in [0.1, 0.15) is 52.4 Å². The van der Waals surface area contributed by atoms with E-state index in [1.54, 1.807) is 24.0 Å². The number of carbonyl (C=O) groups is 2. The van der Waals surface area contributed by atoms with Crippen LogP contribution in [0, 0.1) is 6.92 Å². The number of nitrogens with one attached hydrogen (secondary N) is 1. The molecule has 1 amide bonds. The number of aromatic amines is 1. The number of H-pyrrole nitrogens is 1. The van der Waals surface area contributed by atoms with Crippen molar-refractivity contribution >= 4 is 32.5 Å². The molecule has 1 N–H and O–H groups in total. The van der Waals surface area contributed by atoms with Gasteiger partial charge in [0.2, 0.25) is 10.0 Å². The number of amides is 1. The minimum Gasteiger partial charge on any atom is -0.354 e. The molecule has 8 heteroatoms. The molecule has 2 aromatic carbocycles. The molecular formula is C25H29N3O4S. The molecule has 1 aliphatic heterocycles. The monoisotopic (exact) mass is 467 g/mol. The first-order chi connectivity index (χ1) is 15.7. The first-order valence-corrected chi connectivity index (χ1v) is 12.7. The number of nitrogens with zero attached hydrogens (tertiary/aromatic N) is 2. The van der Waals surface area contributed by atoms with Gasteiger partial charge in [-0.15, -0.1) is 0 Å². The normalized spacial score (nSPS) is 15.2. The van der Waals surface area contributed by atoms with Crippen molar-refractivity contribution in [2.75, 3.05) is 26.2 Å². The second kappa shape index (κ2) is 9.11. The zero-order valence-electron chi connectivity index (χ0n) is 19.2. The highest BCUT2D eigenvalue weighted by Gasteiger charge is 2.32. The van der Waals surface area contributed by atoms with E-state index >= 15 is 0 Å². The summed E-state index contributed by atoms with van der Waals surface area (Å²) in [5.41, 5.74) is 2.51. The highest BCUT2D eigenvalue weighted by atomic mass is 32.2. The molecule has 1 saturated heterocycles. The van der Waals surface area contributed by atoms with Gasteiger partial charge in [0.1, 0.15) is 5.69 Å². The number of benzene rings is 2. The summed E-state index contributed by atoms with van der Waals surface area (Å²) in [5.74, 6) is -0.241. The Kier molecular flexibility index (Phi) is 6.41. The molecule has 0 spiro atoms. The number of fused-ring (bicyclic) bond motifs is 1. The molecule has 33 heavy (non-hydrogen) atoms. The molecule has 0 aliphatic carbocycles. The molecule has 0 unspecified atom stereocenters. The Hall–Kier alpha value is -2.97. The maximum Gasteiger partial charge on any atom is 0.270 e. The van der Waals surface area contributed by atoms with Gasteiger partial charge in [0, 0.05) is 37.4 Å². The molecule has 1 aliphatic rings. The fourth-order valence-electron chi connectivity index (χ4n) is 4.60. The Morgan fingerprint density at radius 2 is 1.67 bits per heavy atom. The number of piperazine rings is 1.